The maximum absolute atomic E-state index is 11.8. The molecule has 0 aliphatic carbocycles. The Morgan fingerprint density at radius 1 is 1.56 bits per heavy atom. The first-order valence-corrected chi connectivity index (χ1v) is 5.65. The number of aromatic nitrogens is 2. The number of rotatable bonds is 7. The smallest absolute Gasteiger partial charge is 0.257 e. The van der Waals surface area contributed by atoms with Crippen molar-refractivity contribution in [3.8, 4) is 0 Å². The van der Waals surface area contributed by atoms with Crippen molar-refractivity contribution < 1.29 is 14.3 Å². The molecule has 0 aliphatic rings. The van der Waals surface area contributed by atoms with Crippen molar-refractivity contribution in [3.63, 3.8) is 0 Å². The third-order valence-electron chi connectivity index (χ3n) is 2.32. The van der Waals surface area contributed by atoms with E-state index in [1.54, 1.807) is 14.2 Å². The van der Waals surface area contributed by atoms with Crippen molar-refractivity contribution in [2.24, 2.45) is 0 Å². The Labute approximate surface area is 105 Å². The van der Waals surface area contributed by atoms with Gasteiger partial charge in [-0.05, 0) is 6.42 Å². The average molecular weight is 254 g/mol. The summed E-state index contributed by atoms with van der Waals surface area (Å²) in [6.45, 7) is 1.17. The maximum atomic E-state index is 11.8. The van der Waals surface area contributed by atoms with E-state index in [4.69, 9.17) is 4.74 Å². The van der Waals surface area contributed by atoms with Crippen LogP contribution in [-0.4, -0.2) is 60.8 Å². The molecule has 7 nitrogen and oxygen atoms in total. The molecule has 1 rings (SSSR count). The third-order valence-corrected chi connectivity index (χ3v) is 2.32. The molecule has 0 saturated carbocycles. The van der Waals surface area contributed by atoms with Gasteiger partial charge in [0.05, 0.1) is 18.3 Å². The molecule has 0 aromatic carbocycles. The Kier molecular flexibility index (Phi) is 5.86. The van der Waals surface area contributed by atoms with Gasteiger partial charge in [-0.25, -0.2) is 0 Å². The van der Waals surface area contributed by atoms with Gasteiger partial charge in [0.1, 0.15) is 0 Å². The standard InChI is InChI=1S/C11H18N4O3/c1-15(11(17)9-6-13-14-7-9)8-10(16)12-4-3-5-18-2/h6-7H,3-5,8H2,1-2H3,(H,12,16)(H,13,14). The van der Waals surface area contributed by atoms with Gasteiger partial charge in [0.15, 0.2) is 0 Å². The van der Waals surface area contributed by atoms with Gasteiger partial charge in [0.2, 0.25) is 5.91 Å². The van der Waals surface area contributed by atoms with Gasteiger partial charge in [-0.3, -0.25) is 14.7 Å². The number of amides is 2. The first-order chi connectivity index (χ1) is 8.65. The second-order valence-electron chi connectivity index (χ2n) is 3.84. The summed E-state index contributed by atoms with van der Waals surface area (Å²) >= 11 is 0. The summed E-state index contributed by atoms with van der Waals surface area (Å²) in [4.78, 5) is 24.6. The van der Waals surface area contributed by atoms with E-state index in [-0.39, 0.29) is 18.4 Å². The number of H-pyrrole nitrogens is 1. The normalized spacial score (nSPS) is 10.1. The van der Waals surface area contributed by atoms with E-state index in [1.807, 2.05) is 0 Å². The number of ether oxygens (including phenoxy) is 1. The minimum atomic E-state index is -0.240. The number of methoxy groups -OCH3 is 1. The highest BCUT2D eigenvalue weighted by Gasteiger charge is 2.15. The molecule has 0 atom stereocenters. The fourth-order valence-electron chi connectivity index (χ4n) is 1.38. The Bertz CT molecular complexity index is 378. The summed E-state index contributed by atoms with van der Waals surface area (Å²) in [5, 5.41) is 8.96. The average Bonchev–Trinajstić information content (AvgIpc) is 2.87. The zero-order chi connectivity index (χ0) is 13.4. The first kappa shape index (κ1) is 14.2. The predicted molar refractivity (Wildman–Crippen MR) is 65.1 cm³/mol. The lowest BCUT2D eigenvalue weighted by Crippen LogP contribution is -2.38. The highest BCUT2D eigenvalue weighted by molar-refractivity contribution is 5.95. The first-order valence-electron chi connectivity index (χ1n) is 5.65. The van der Waals surface area contributed by atoms with Gasteiger partial charge in [0.25, 0.3) is 5.91 Å². The van der Waals surface area contributed by atoms with Gasteiger partial charge in [-0.2, -0.15) is 5.10 Å². The van der Waals surface area contributed by atoms with Crippen LogP contribution in [-0.2, 0) is 9.53 Å². The molecule has 0 aliphatic heterocycles. The van der Waals surface area contributed by atoms with E-state index in [9.17, 15) is 9.59 Å². The van der Waals surface area contributed by atoms with E-state index in [0.29, 0.717) is 18.7 Å². The molecule has 1 heterocycles. The van der Waals surface area contributed by atoms with Crippen molar-refractivity contribution in [3.05, 3.63) is 18.0 Å². The fourth-order valence-corrected chi connectivity index (χ4v) is 1.38. The lowest BCUT2D eigenvalue weighted by molar-refractivity contribution is -0.121. The van der Waals surface area contributed by atoms with E-state index in [1.165, 1.54) is 17.3 Å². The van der Waals surface area contributed by atoms with Crippen LogP contribution in [0.1, 0.15) is 16.8 Å². The SMILES string of the molecule is COCCCNC(=O)CN(C)C(=O)c1cn[nH]c1. The number of carbonyl (C=O) groups excluding carboxylic acids is 2. The lowest BCUT2D eigenvalue weighted by Gasteiger charge is -2.15. The van der Waals surface area contributed by atoms with Crippen LogP contribution in [0.3, 0.4) is 0 Å². The molecule has 7 heteroatoms. The molecule has 1 aromatic heterocycles. The Hall–Kier alpha value is -1.89. The van der Waals surface area contributed by atoms with Crippen molar-refractivity contribution in [2.75, 3.05) is 33.9 Å². The number of nitrogens with zero attached hydrogens (tertiary/aromatic N) is 2. The molecular formula is C11H18N4O3. The molecule has 0 unspecified atom stereocenters. The summed E-state index contributed by atoms with van der Waals surface area (Å²) in [5.74, 6) is -0.429. The van der Waals surface area contributed by atoms with Gasteiger partial charge in [0, 0.05) is 33.5 Å². The number of hydrogen-bond donors (Lipinski definition) is 2. The Balaban J connectivity index is 2.29. The molecule has 18 heavy (non-hydrogen) atoms. The van der Waals surface area contributed by atoms with Crippen LogP contribution < -0.4 is 5.32 Å². The van der Waals surface area contributed by atoms with Gasteiger partial charge >= 0.3 is 0 Å². The van der Waals surface area contributed by atoms with Crippen molar-refractivity contribution in [1.82, 2.24) is 20.4 Å². The number of aromatic amines is 1. The Morgan fingerprint density at radius 2 is 2.33 bits per heavy atom. The zero-order valence-corrected chi connectivity index (χ0v) is 10.6. The van der Waals surface area contributed by atoms with Gasteiger partial charge < -0.3 is 15.0 Å². The highest BCUT2D eigenvalue weighted by atomic mass is 16.5. The predicted octanol–water partition coefficient (Wildman–Crippen LogP) is -0.366. The summed E-state index contributed by atoms with van der Waals surface area (Å²) < 4.78 is 4.87. The van der Waals surface area contributed by atoms with Crippen LogP contribution >= 0.6 is 0 Å². The molecule has 2 N–H and O–H groups in total. The molecule has 2 amide bonds. The summed E-state index contributed by atoms with van der Waals surface area (Å²) in [7, 11) is 3.18. The molecule has 0 bridgehead atoms. The second kappa shape index (κ2) is 7.44. The van der Waals surface area contributed by atoms with Crippen molar-refractivity contribution in [2.45, 2.75) is 6.42 Å². The number of carbonyl (C=O) groups is 2. The number of hydrogen-bond acceptors (Lipinski definition) is 4. The third kappa shape index (κ3) is 4.54. The molecular weight excluding hydrogens is 236 g/mol. The van der Waals surface area contributed by atoms with Crippen LogP contribution in [0.5, 0.6) is 0 Å². The minimum Gasteiger partial charge on any atom is -0.385 e. The van der Waals surface area contributed by atoms with Crippen LogP contribution in [0.15, 0.2) is 12.4 Å². The van der Waals surface area contributed by atoms with E-state index < -0.39 is 0 Å². The van der Waals surface area contributed by atoms with E-state index in [2.05, 4.69) is 15.5 Å². The summed E-state index contributed by atoms with van der Waals surface area (Å²) in [6, 6.07) is 0. The number of likely N-dealkylation sites (N-methyl/N-ethyl adjacent to an activating group) is 1. The van der Waals surface area contributed by atoms with Gasteiger partial charge in [-0.15, -0.1) is 0 Å². The molecule has 0 radical (unpaired) electrons. The van der Waals surface area contributed by atoms with Crippen LogP contribution in [0, 0.1) is 0 Å². The monoisotopic (exact) mass is 254 g/mol. The molecule has 0 saturated heterocycles. The van der Waals surface area contributed by atoms with Crippen LogP contribution in [0.4, 0.5) is 0 Å². The second-order valence-corrected chi connectivity index (χ2v) is 3.84. The topological polar surface area (TPSA) is 87.3 Å². The molecule has 0 spiro atoms. The maximum Gasteiger partial charge on any atom is 0.257 e. The summed E-state index contributed by atoms with van der Waals surface area (Å²) in [5.41, 5.74) is 0.435. The fraction of sp³-hybridized carbons (Fsp3) is 0.545. The van der Waals surface area contributed by atoms with Crippen molar-refractivity contribution in [1.29, 1.82) is 0 Å². The van der Waals surface area contributed by atoms with E-state index >= 15 is 0 Å². The lowest BCUT2D eigenvalue weighted by atomic mass is 10.3. The quantitative estimate of drug-likeness (QED) is 0.650. The Morgan fingerprint density at radius 3 is 2.94 bits per heavy atom. The minimum absolute atomic E-state index is 0.0248. The molecule has 0 fully saturated rings. The van der Waals surface area contributed by atoms with Crippen LogP contribution in [0.25, 0.3) is 0 Å². The van der Waals surface area contributed by atoms with Gasteiger partial charge in [-0.1, -0.05) is 0 Å². The van der Waals surface area contributed by atoms with Crippen LogP contribution in [0.2, 0.25) is 0 Å². The zero-order valence-electron chi connectivity index (χ0n) is 10.6. The molecule has 1 aromatic rings. The molecule has 100 valence electrons. The largest absolute Gasteiger partial charge is 0.385 e. The van der Waals surface area contributed by atoms with Crippen molar-refractivity contribution >= 4 is 11.8 Å². The highest BCUT2D eigenvalue weighted by Crippen LogP contribution is 1.99. The number of nitrogens with one attached hydrogen (secondary N) is 2. The summed E-state index contributed by atoms with van der Waals surface area (Å²) in [6.07, 6.45) is 3.67. The van der Waals surface area contributed by atoms with E-state index in [0.717, 1.165) is 6.42 Å².